The van der Waals surface area contributed by atoms with Gasteiger partial charge in [-0.2, -0.15) is 0 Å². The van der Waals surface area contributed by atoms with Crippen LogP contribution in [0.2, 0.25) is 0 Å². The summed E-state index contributed by atoms with van der Waals surface area (Å²) >= 11 is 0. The summed E-state index contributed by atoms with van der Waals surface area (Å²) in [6.45, 7) is 3.54. The number of aliphatic carboxylic acids is 1. The smallest absolute Gasteiger partial charge is 0.315 e. The molecule has 0 fully saturated rings. The van der Waals surface area contributed by atoms with Gasteiger partial charge in [-0.1, -0.05) is 60.7 Å². The standard InChI is InChI=1S/C17H18O4/c1-3-14(15(16(18)19)17(20)21-2)12-8-7-11-13-9-5-4-6-10-13/h3-12,14-15H,1H2,2H3,(H,18,19)/p-1/b11-7+,12-8+. The van der Waals surface area contributed by atoms with Crippen LogP contribution in [0.5, 0.6) is 0 Å². The minimum Gasteiger partial charge on any atom is -0.549 e. The minimum absolute atomic E-state index is 0.692. The number of carboxylic acids is 1. The first-order valence-electron chi connectivity index (χ1n) is 6.41. The van der Waals surface area contributed by atoms with E-state index in [1.54, 1.807) is 18.2 Å². The number of hydrogen-bond acceptors (Lipinski definition) is 4. The molecule has 0 saturated carbocycles. The maximum atomic E-state index is 11.5. The molecular formula is C17H17O4-. The topological polar surface area (TPSA) is 66.4 Å². The van der Waals surface area contributed by atoms with Gasteiger partial charge < -0.3 is 14.6 Å². The molecule has 0 amide bonds. The first-order valence-corrected chi connectivity index (χ1v) is 6.41. The number of rotatable bonds is 7. The lowest BCUT2D eigenvalue weighted by molar-refractivity contribution is -0.311. The van der Waals surface area contributed by atoms with Crippen molar-refractivity contribution in [2.24, 2.45) is 11.8 Å². The normalized spacial score (nSPS) is 14.0. The fourth-order valence-electron chi connectivity index (χ4n) is 1.79. The van der Waals surface area contributed by atoms with Crippen LogP contribution in [0.3, 0.4) is 0 Å². The van der Waals surface area contributed by atoms with E-state index >= 15 is 0 Å². The highest BCUT2D eigenvalue weighted by Crippen LogP contribution is 2.16. The second kappa shape index (κ2) is 8.53. The lowest BCUT2D eigenvalue weighted by Crippen LogP contribution is -2.40. The Morgan fingerprint density at radius 3 is 2.43 bits per heavy atom. The molecule has 0 aliphatic carbocycles. The molecule has 0 saturated heterocycles. The Morgan fingerprint density at radius 1 is 1.24 bits per heavy atom. The van der Waals surface area contributed by atoms with Gasteiger partial charge >= 0.3 is 5.97 Å². The molecule has 21 heavy (non-hydrogen) atoms. The number of ether oxygens (including phenoxy) is 1. The summed E-state index contributed by atoms with van der Waals surface area (Å²) in [5.41, 5.74) is 1.02. The van der Waals surface area contributed by atoms with E-state index in [0.717, 1.165) is 12.7 Å². The molecule has 110 valence electrons. The van der Waals surface area contributed by atoms with Crippen LogP contribution < -0.4 is 5.11 Å². The molecule has 0 aliphatic heterocycles. The number of methoxy groups -OCH3 is 1. The Morgan fingerprint density at radius 2 is 1.90 bits per heavy atom. The van der Waals surface area contributed by atoms with E-state index < -0.39 is 23.8 Å². The Hall–Kier alpha value is -2.62. The molecule has 4 heteroatoms. The molecule has 0 spiro atoms. The van der Waals surface area contributed by atoms with Crippen LogP contribution in [-0.2, 0) is 14.3 Å². The van der Waals surface area contributed by atoms with Gasteiger partial charge in [0, 0.05) is 5.92 Å². The van der Waals surface area contributed by atoms with Crippen molar-refractivity contribution in [3.8, 4) is 0 Å². The zero-order valence-electron chi connectivity index (χ0n) is 11.8. The van der Waals surface area contributed by atoms with Crippen LogP contribution in [0.15, 0.2) is 61.2 Å². The monoisotopic (exact) mass is 285 g/mol. The van der Waals surface area contributed by atoms with E-state index in [1.807, 2.05) is 36.4 Å². The lowest BCUT2D eigenvalue weighted by Gasteiger charge is -2.20. The van der Waals surface area contributed by atoms with Crippen molar-refractivity contribution >= 4 is 18.0 Å². The van der Waals surface area contributed by atoms with Crippen LogP contribution in [-0.4, -0.2) is 19.0 Å². The van der Waals surface area contributed by atoms with Gasteiger partial charge in [0.1, 0.15) is 5.92 Å². The number of hydrogen-bond donors (Lipinski definition) is 0. The first kappa shape index (κ1) is 16.4. The molecule has 2 unspecified atom stereocenters. The van der Waals surface area contributed by atoms with Crippen molar-refractivity contribution in [2.75, 3.05) is 7.11 Å². The number of carboxylic acid groups (broad SMARTS) is 1. The average Bonchev–Trinajstić information content (AvgIpc) is 2.50. The highest BCUT2D eigenvalue weighted by atomic mass is 16.5. The van der Waals surface area contributed by atoms with Crippen LogP contribution in [0, 0.1) is 11.8 Å². The second-order valence-corrected chi connectivity index (χ2v) is 4.29. The number of benzene rings is 1. The predicted octanol–water partition coefficient (Wildman–Crippen LogP) is 1.60. The van der Waals surface area contributed by atoms with Crippen LogP contribution in [0.25, 0.3) is 6.08 Å². The maximum absolute atomic E-state index is 11.5. The van der Waals surface area contributed by atoms with Gasteiger partial charge in [0.15, 0.2) is 0 Å². The van der Waals surface area contributed by atoms with Gasteiger partial charge in [-0.05, 0) is 5.56 Å². The predicted molar refractivity (Wildman–Crippen MR) is 78.8 cm³/mol. The fraction of sp³-hybridized carbons (Fsp3) is 0.176. The summed E-state index contributed by atoms with van der Waals surface area (Å²) in [5.74, 6) is -4.42. The summed E-state index contributed by atoms with van der Waals surface area (Å²) in [6, 6.07) is 9.63. The Labute approximate surface area is 124 Å². The molecule has 2 atom stereocenters. The quantitative estimate of drug-likeness (QED) is 0.330. The minimum atomic E-state index is -1.48. The average molecular weight is 285 g/mol. The Bertz CT molecular complexity index is 543. The summed E-state index contributed by atoms with van der Waals surface area (Å²) in [5, 5.41) is 11.0. The second-order valence-electron chi connectivity index (χ2n) is 4.29. The van der Waals surface area contributed by atoms with Gasteiger partial charge in [0.25, 0.3) is 0 Å². The number of carbonyl (C=O) groups is 2. The largest absolute Gasteiger partial charge is 0.549 e. The third-order valence-corrected chi connectivity index (χ3v) is 2.90. The van der Waals surface area contributed by atoms with E-state index in [0.29, 0.717) is 0 Å². The molecule has 0 heterocycles. The first-order chi connectivity index (χ1) is 10.1. The highest BCUT2D eigenvalue weighted by molar-refractivity contribution is 5.93. The fourth-order valence-corrected chi connectivity index (χ4v) is 1.79. The SMILES string of the molecule is C=CC(/C=C/C=C/c1ccccc1)C(C(=O)[O-])C(=O)OC. The molecule has 0 bridgehead atoms. The molecule has 1 rings (SSSR count). The molecule has 1 aromatic rings. The third-order valence-electron chi connectivity index (χ3n) is 2.90. The maximum Gasteiger partial charge on any atom is 0.315 e. The van der Waals surface area contributed by atoms with Crippen LogP contribution in [0.4, 0.5) is 0 Å². The molecule has 0 N–H and O–H groups in total. The molecule has 4 nitrogen and oxygen atoms in total. The van der Waals surface area contributed by atoms with E-state index in [-0.39, 0.29) is 0 Å². The van der Waals surface area contributed by atoms with Crippen molar-refractivity contribution < 1.29 is 19.4 Å². The molecule has 0 radical (unpaired) electrons. The Kier molecular flexibility index (Phi) is 6.68. The van der Waals surface area contributed by atoms with Gasteiger partial charge in [-0.15, -0.1) is 6.58 Å². The third kappa shape index (κ3) is 5.10. The highest BCUT2D eigenvalue weighted by Gasteiger charge is 2.26. The molecule has 1 aromatic carbocycles. The summed E-state index contributed by atoms with van der Waals surface area (Å²) in [4.78, 5) is 22.5. The number of carbonyl (C=O) groups excluding carboxylic acids is 2. The summed E-state index contributed by atoms with van der Waals surface area (Å²) in [7, 11) is 1.14. The zero-order valence-corrected chi connectivity index (χ0v) is 11.8. The number of esters is 1. The van der Waals surface area contributed by atoms with E-state index in [4.69, 9.17) is 0 Å². The van der Waals surface area contributed by atoms with Gasteiger partial charge in [0.2, 0.25) is 0 Å². The summed E-state index contributed by atoms with van der Waals surface area (Å²) < 4.78 is 4.47. The molecule has 0 aliphatic rings. The summed E-state index contributed by atoms with van der Waals surface area (Å²) in [6.07, 6.45) is 8.24. The lowest BCUT2D eigenvalue weighted by atomic mass is 9.92. The van der Waals surface area contributed by atoms with Crippen molar-refractivity contribution in [1.82, 2.24) is 0 Å². The molecule has 0 aromatic heterocycles. The Balaban J connectivity index is 2.78. The van der Waals surface area contributed by atoms with Crippen molar-refractivity contribution in [3.05, 3.63) is 66.8 Å². The molecular weight excluding hydrogens is 268 g/mol. The van der Waals surface area contributed by atoms with Crippen LogP contribution in [0.1, 0.15) is 5.56 Å². The zero-order chi connectivity index (χ0) is 15.7. The van der Waals surface area contributed by atoms with E-state index in [9.17, 15) is 14.7 Å². The van der Waals surface area contributed by atoms with Crippen molar-refractivity contribution in [3.63, 3.8) is 0 Å². The van der Waals surface area contributed by atoms with Gasteiger partial charge in [-0.3, -0.25) is 4.79 Å². The van der Waals surface area contributed by atoms with Crippen molar-refractivity contribution in [2.45, 2.75) is 0 Å². The number of allylic oxidation sites excluding steroid dienone is 4. The van der Waals surface area contributed by atoms with Crippen molar-refractivity contribution in [1.29, 1.82) is 0 Å². The van der Waals surface area contributed by atoms with Gasteiger partial charge in [-0.25, -0.2) is 0 Å². The van der Waals surface area contributed by atoms with Crippen LogP contribution >= 0.6 is 0 Å². The van der Waals surface area contributed by atoms with E-state index in [1.165, 1.54) is 6.08 Å². The van der Waals surface area contributed by atoms with Gasteiger partial charge in [0.05, 0.1) is 13.1 Å². The van der Waals surface area contributed by atoms with E-state index in [2.05, 4.69) is 11.3 Å².